The number of nitrogens with zero attached hydrogens (tertiary/aromatic N) is 1. The Morgan fingerprint density at radius 1 is 0.853 bits per heavy atom. The van der Waals surface area contributed by atoms with Crippen LogP contribution in [0.3, 0.4) is 0 Å². The number of nitrogens with one attached hydrogen (secondary N) is 2. The Balaban J connectivity index is 1.56. The fraction of sp³-hybridized carbons (Fsp3) is 0. The van der Waals surface area contributed by atoms with Crippen LogP contribution in [0.2, 0.25) is 15.1 Å². The molecule has 0 unspecified atom stereocenters. The SMILES string of the molecule is O=C(Nc1cccc(Cl)c1Cl)c1cccc(NC2=C(Cl)C(=O)N(c3ccc(F)c(Cl)c3)C2=O)c1. The lowest BCUT2D eigenvalue weighted by Crippen LogP contribution is -2.32. The lowest BCUT2D eigenvalue weighted by Gasteiger charge is -2.15. The minimum absolute atomic E-state index is 0.0582. The summed E-state index contributed by atoms with van der Waals surface area (Å²) in [6.07, 6.45) is 0. The molecule has 3 aromatic carbocycles. The van der Waals surface area contributed by atoms with Gasteiger partial charge in [-0.3, -0.25) is 14.4 Å². The molecule has 0 fully saturated rings. The largest absolute Gasteiger partial charge is 0.350 e. The maximum Gasteiger partial charge on any atom is 0.283 e. The number of hydrogen-bond acceptors (Lipinski definition) is 4. The minimum Gasteiger partial charge on any atom is -0.350 e. The number of carbonyl (C=O) groups is 3. The van der Waals surface area contributed by atoms with Gasteiger partial charge in [-0.25, -0.2) is 9.29 Å². The summed E-state index contributed by atoms with van der Waals surface area (Å²) >= 11 is 24.0. The van der Waals surface area contributed by atoms with E-state index in [4.69, 9.17) is 46.4 Å². The molecule has 0 saturated heterocycles. The van der Waals surface area contributed by atoms with Crippen LogP contribution in [0.15, 0.2) is 71.4 Å². The van der Waals surface area contributed by atoms with Crippen LogP contribution in [-0.2, 0) is 9.59 Å². The molecule has 0 aliphatic carbocycles. The van der Waals surface area contributed by atoms with E-state index in [0.717, 1.165) is 17.0 Å². The average molecular weight is 539 g/mol. The van der Waals surface area contributed by atoms with E-state index < -0.39 is 23.5 Å². The van der Waals surface area contributed by atoms with E-state index in [1.807, 2.05) is 0 Å². The van der Waals surface area contributed by atoms with E-state index in [9.17, 15) is 18.8 Å². The van der Waals surface area contributed by atoms with Gasteiger partial charge < -0.3 is 10.6 Å². The van der Waals surface area contributed by atoms with Crippen LogP contribution in [0.25, 0.3) is 0 Å². The van der Waals surface area contributed by atoms with Crippen LogP contribution in [-0.4, -0.2) is 17.7 Å². The fourth-order valence-corrected chi connectivity index (χ4v) is 3.88. The molecule has 1 heterocycles. The normalized spacial score (nSPS) is 13.5. The second-order valence-corrected chi connectivity index (χ2v) is 8.56. The summed E-state index contributed by atoms with van der Waals surface area (Å²) in [6.45, 7) is 0. The molecule has 2 N–H and O–H groups in total. The van der Waals surface area contributed by atoms with Gasteiger partial charge in [0.15, 0.2) is 0 Å². The molecular weight excluding hydrogens is 527 g/mol. The van der Waals surface area contributed by atoms with Gasteiger partial charge in [-0.1, -0.05) is 58.5 Å². The first-order valence-electron chi connectivity index (χ1n) is 9.53. The summed E-state index contributed by atoms with van der Waals surface area (Å²) < 4.78 is 13.5. The lowest BCUT2D eigenvalue weighted by molar-refractivity contribution is -0.120. The molecule has 3 aromatic rings. The number of benzene rings is 3. The Hall–Kier alpha value is -3.10. The smallest absolute Gasteiger partial charge is 0.283 e. The van der Waals surface area contributed by atoms with Gasteiger partial charge in [-0.2, -0.15) is 0 Å². The van der Waals surface area contributed by atoms with Gasteiger partial charge in [-0.05, 0) is 48.5 Å². The number of anilines is 3. The zero-order valence-electron chi connectivity index (χ0n) is 16.8. The zero-order chi connectivity index (χ0) is 24.6. The van der Waals surface area contributed by atoms with Crippen molar-refractivity contribution in [2.75, 3.05) is 15.5 Å². The highest BCUT2D eigenvalue weighted by molar-refractivity contribution is 6.53. The van der Waals surface area contributed by atoms with Gasteiger partial charge in [0, 0.05) is 11.3 Å². The van der Waals surface area contributed by atoms with Gasteiger partial charge >= 0.3 is 0 Å². The lowest BCUT2D eigenvalue weighted by atomic mass is 10.1. The van der Waals surface area contributed by atoms with Gasteiger partial charge in [0.25, 0.3) is 17.7 Å². The van der Waals surface area contributed by atoms with Crippen LogP contribution in [0.1, 0.15) is 10.4 Å². The van der Waals surface area contributed by atoms with Crippen molar-refractivity contribution in [2.45, 2.75) is 0 Å². The second kappa shape index (κ2) is 9.64. The quantitative estimate of drug-likeness (QED) is 0.365. The van der Waals surface area contributed by atoms with Crippen molar-refractivity contribution in [3.05, 3.63) is 97.8 Å². The molecule has 34 heavy (non-hydrogen) atoms. The van der Waals surface area contributed by atoms with Crippen molar-refractivity contribution >= 4 is 81.2 Å². The van der Waals surface area contributed by atoms with Crippen molar-refractivity contribution in [1.82, 2.24) is 0 Å². The highest BCUT2D eigenvalue weighted by Crippen LogP contribution is 2.33. The van der Waals surface area contributed by atoms with Gasteiger partial charge in [0.2, 0.25) is 0 Å². The van der Waals surface area contributed by atoms with Crippen LogP contribution in [0.4, 0.5) is 21.5 Å². The highest BCUT2D eigenvalue weighted by Gasteiger charge is 2.39. The second-order valence-electron chi connectivity index (χ2n) is 6.99. The summed E-state index contributed by atoms with van der Waals surface area (Å²) in [5.41, 5.74) is 0.730. The molecule has 0 aromatic heterocycles. The monoisotopic (exact) mass is 537 g/mol. The van der Waals surface area contributed by atoms with E-state index in [1.54, 1.807) is 36.4 Å². The van der Waals surface area contributed by atoms with Crippen LogP contribution < -0.4 is 15.5 Å². The van der Waals surface area contributed by atoms with Crippen LogP contribution >= 0.6 is 46.4 Å². The summed E-state index contributed by atoms with van der Waals surface area (Å²) in [5.74, 6) is -2.75. The number of imide groups is 1. The molecule has 11 heteroatoms. The van der Waals surface area contributed by atoms with E-state index in [1.165, 1.54) is 12.1 Å². The van der Waals surface area contributed by atoms with E-state index in [-0.39, 0.29) is 37.0 Å². The molecule has 1 aliphatic heterocycles. The van der Waals surface area contributed by atoms with E-state index in [2.05, 4.69) is 10.6 Å². The summed E-state index contributed by atoms with van der Waals surface area (Å²) in [6, 6.07) is 14.4. The summed E-state index contributed by atoms with van der Waals surface area (Å²) in [4.78, 5) is 39.0. The maximum absolute atomic E-state index is 13.5. The Morgan fingerprint density at radius 3 is 2.32 bits per heavy atom. The van der Waals surface area contributed by atoms with Crippen molar-refractivity contribution in [3.63, 3.8) is 0 Å². The Labute approximate surface area is 212 Å². The van der Waals surface area contributed by atoms with Gasteiger partial charge in [0.05, 0.1) is 26.4 Å². The topological polar surface area (TPSA) is 78.5 Å². The fourth-order valence-electron chi connectivity index (χ4n) is 3.15. The molecular formula is C23H12Cl4FN3O3. The third-order valence-corrected chi connectivity index (χ3v) is 6.24. The minimum atomic E-state index is -0.804. The van der Waals surface area contributed by atoms with Crippen molar-refractivity contribution in [1.29, 1.82) is 0 Å². The molecule has 0 saturated carbocycles. The molecule has 172 valence electrons. The molecule has 0 bridgehead atoms. The highest BCUT2D eigenvalue weighted by atomic mass is 35.5. The van der Waals surface area contributed by atoms with Crippen LogP contribution in [0, 0.1) is 5.82 Å². The number of rotatable bonds is 5. The van der Waals surface area contributed by atoms with Crippen molar-refractivity contribution in [2.24, 2.45) is 0 Å². The number of halogens is 5. The van der Waals surface area contributed by atoms with Gasteiger partial charge in [0.1, 0.15) is 16.5 Å². The Kier molecular flexibility index (Phi) is 6.81. The Bertz CT molecular complexity index is 1390. The van der Waals surface area contributed by atoms with Crippen molar-refractivity contribution < 1.29 is 18.8 Å². The molecule has 0 atom stereocenters. The first-order chi connectivity index (χ1) is 16.2. The van der Waals surface area contributed by atoms with Crippen molar-refractivity contribution in [3.8, 4) is 0 Å². The van der Waals surface area contributed by atoms with E-state index >= 15 is 0 Å². The first kappa shape index (κ1) is 24.0. The number of amides is 3. The molecule has 0 radical (unpaired) electrons. The first-order valence-corrected chi connectivity index (χ1v) is 11.0. The Morgan fingerprint density at radius 2 is 1.59 bits per heavy atom. The molecule has 3 amide bonds. The summed E-state index contributed by atoms with van der Waals surface area (Å²) in [7, 11) is 0. The molecule has 6 nitrogen and oxygen atoms in total. The number of hydrogen-bond donors (Lipinski definition) is 2. The average Bonchev–Trinajstić information content (AvgIpc) is 3.02. The standard InChI is InChI=1S/C23H12Cl4FN3O3/c24-14-5-2-6-17(18(14)26)30-21(32)11-3-1-4-12(9-11)29-20-19(27)22(33)31(23(20)34)13-7-8-16(28)15(25)10-13/h1-10,29H,(H,30,32). The van der Waals surface area contributed by atoms with Crippen LogP contribution in [0.5, 0.6) is 0 Å². The maximum atomic E-state index is 13.5. The van der Waals surface area contributed by atoms with Gasteiger partial charge in [-0.15, -0.1) is 0 Å². The third-order valence-electron chi connectivity index (χ3n) is 4.78. The predicted octanol–water partition coefficient (Wildman–Crippen LogP) is 6.47. The molecule has 4 rings (SSSR count). The molecule has 1 aliphatic rings. The summed E-state index contributed by atoms with van der Waals surface area (Å²) in [5, 5.41) is 5.29. The number of carbonyl (C=O) groups excluding carboxylic acids is 3. The molecule has 0 spiro atoms. The predicted molar refractivity (Wildman–Crippen MR) is 131 cm³/mol. The van der Waals surface area contributed by atoms with E-state index in [0.29, 0.717) is 11.4 Å². The zero-order valence-corrected chi connectivity index (χ0v) is 19.9. The third kappa shape index (κ3) is 4.60.